The van der Waals surface area contributed by atoms with Gasteiger partial charge in [-0.05, 0) is 67.4 Å². The van der Waals surface area contributed by atoms with Crippen molar-refractivity contribution in [2.24, 2.45) is 4.99 Å². The van der Waals surface area contributed by atoms with E-state index in [1.807, 2.05) is 38.1 Å². The predicted octanol–water partition coefficient (Wildman–Crippen LogP) is 6.11. The second-order valence-electron chi connectivity index (χ2n) is 7.38. The molecule has 3 aromatic carbocycles. The van der Waals surface area contributed by atoms with Crippen LogP contribution < -0.4 is 9.47 Å². The summed E-state index contributed by atoms with van der Waals surface area (Å²) in [4.78, 5) is 16.6. The first-order valence-electron chi connectivity index (χ1n) is 10.4. The Labute approximate surface area is 196 Å². The van der Waals surface area contributed by atoms with Crippen LogP contribution >= 0.6 is 11.6 Å². The number of halogens is 2. The maximum atomic E-state index is 13.2. The Morgan fingerprint density at radius 3 is 2.61 bits per heavy atom. The van der Waals surface area contributed by atoms with E-state index < -0.39 is 5.97 Å². The molecule has 0 amide bonds. The number of hydrogen-bond acceptors (Lipinski definition) is 5. The third-order valence-corrected chi connectivity index (χ3v) is 5.09. The molecule has 0 radical (unpaired) electrons. The Kier molecular flexibility index (Phi) is 6.75. The largest absolute Gasteiger partial charge is 0.490 e. The van der Waals surface area contributed by atoms with Gasteiger partial charge in [-0.3, -0.25) is 0 Å². The number of cyclic esters (lactones) is 1. The fourth-order valence-corrected chi connectivity index (χ4v) is 3.59. The number of carbonyl (C=O) groups is 1. The van der Waals surface area contributed by atoms with Crippen molar-refractivity contribution in [3.8, 4) is 11.5 Å². The molecule has 0 atom stereocenters. The van der Waals surface area contributed by atoms with Crippen LogP contribution in [0.25, 0.3) is 6.08 Å². The standard InChI is InChI=1S/C26H21ClFNO4/c1-3-31-23-14-18(12-21(27)24(23)32-15-17-6-4-5-16(2)11-17)13-22-26(30)33-25(29-22)19-7-9-20(28)10-8-19/h4-14H,3,15H2,1-2H3. The second kappa shape index (κ2) is 9.88. The van der Waals surface area contributed by atoms with Gasteiger partial charge in [0.15, 0.2) is 17.2 Å². The normalized spacial score (nSPS) is 14.2. The Bertz CT molecular complexity index is 1250. The molecule has 0 spiro atoms. The number of rotatable bonds is 7. The molecular formula is C26H21ClFNO4. The summed E-state index contributed by atoms with van der Waals surface area (Å²) in [6.07, 6.45) is 1.55. The topological polar surface area (TPSA) is 57.1 Å². The van der Waals surface area contributed by atoms with Crippen LogP contribution in [0, 0.1) is 12.7 Å². The SMILES string of the molecule is CCOc1cc(C=C2N=C(c3ccc(F)cc3)OC2=O)cc(Cl)c1OCc1cccc(C)c1. The highest BCUT2D eigenvalue weighted by molar-refractivity contribution is 6.32. The lowest BCUT2D eigenvalue weighted by Gasteiger charge is -2.15. The first kappa shape index (κ1) is 22.6. The second-order valence-corrected chi connectivity index (χ2v) is 7.79. The van der Waals surface area contributed by atoms with Crippen LogP contribution in [-0.4, -0.2) is 18.5 Å². The molecule has 7 heteroatoms. The van der Waals surface area contributed by atoms with Gasteiger partial charge in [0.05, 0.1) is 11.6 Å². The lowest BCUT2D eigenvalue weighted by Crippen LogP contribution is -2.05. The van der Waals surface area contributed by atoms with Gasteiger partial charge in [-0.2, -0.15) is 0 Å². The molecule has 1 aliphatic rings. The highest BCUT2D eigenvalue weighted by Gasteiger charge is 2.24. The minimum Gasteiger partial charge on any atom is -0.490 e. The predicted molar refractivity (Wildman–Crippen MR) is 125 cm³/mol. The quantitative estimate of drug-likeness (QED) is 0.312. The molecule has 0 unspecified atom stereocenters. The summed E-state index contributed by atoms with van der Waals surface area (Å²) >= 11 is 6.51. The highest BCUT2D eigenvalue weighted by Crippen LogP contribution is 2.38. The first-order chi connectivity index (χ1) is 15.9. The molecule has 168 valence electrons. The number of esters is 1. The van der Waals surface area contributed by atoms with Crippen LogP contribution in [0.3, 0.4) is 0 Å². The van der Waals surface area contributed by atoms with Gasteiger partial charge in [0, 0.05) is 5.56 Å². The van der Waals surface area contributed by atoms with E-state index in [4.69, 9.17) is 25.8 Å². The number of benzene rings is 3. The molecule has 1 aliphatic heterocycles. The van der Waals surface area contributed by atoms with Gasteiger partial charge in [0.25, 0.3) is 0 Å². The zero-order chi connectivity index (χ0) is 23.4. The number of aryl methyl sites for hydroxylation is 1. The average Bonchev–Trinajstić information content (AvgIpc) is 3.14. The van der Waals surface area contributed by atoms with E-state index in [1.54, 1.807) is 18.2 Å². The molecule has 0 saturated heterocycles. The smallest absolute Gasteiger partial charge is 0.363 e. The van der Waals surface area contributed by atoms with Crippen LogP contribution in [0.5, 0.6) is 11.5 Å². The van der Waals surface area contributed by atoms with Crippen LogP contribution in [0.2, 0.25) is 5.02 Å². The number of nitrogens with zero attached hydrogens (tertiary/aromatic N) is 1. The van der Waals surface area contributed by atoms with Crippen LogP contribution in [0.4, 0.5) is 4.39 Å². The summed E-state index contributed by atoms with van der Waals surface area (Å²) < 4.78 is 30.1. The first-order valence-corrected chi connectivity index (χ1v) is 10.7. The lowest BCUT2D eigenvalue weighted by atomic mass is 10.1. The summed E-state index contributed by atoms with van der Waals surface area (Å²) in [5, 5.41) is 0.342. The molecule has 1 heterocycles. The summed E-state index contributed by atoms with van der Waals surface area (Å²) in [7, 11) is 0. The lowest BCUT2D eigenvalue weighted by molar-refractivity contribution is -0.129. The number of ether oxygens (including phenoxy) is 3. The van der Waals surface area contributed by atoms with Crippen LogP contribution in [0.15, 0.2) is 71.4 Å². The number of aliphatic imine (C=N–C) groups is 1. The molecular weight excluding hydrogens is 445 g/mol. The highest BCUT2D eigenvalue weighted by atomic mass is 35.5. The van der Waals surface area contributed by atoms with Crippen molar-refractivity contribution in [2.45, 2.75) is 20.5 Å². The van der Waals surface area contributed by atoms with Gasteiger partial charge in [-0.1, -0.05) is 41.4 Å². The minimum atomic E-state index is -0.608. The van der Waals surface area contributed by atoms with Gasteiger partial charge in [-0.15, -0.1) is 0 Å². The van der Waals surface area contributed by atoms with Crippen LogP contribution in [0.1, 0.15) is 29.2 Å². The number of hydrogen-bond donors (Lipinski definition) is 0. The van der Waals surface area contributed by atoms with E-state index in [-0.39, 0.29) is 17.4 Å². The fraction of sp³-hybridized carbons (Fsp3) is 0.154. The zero-order valence-corrected chi connectivity index (χ0v) is 18.9. The van der Waals surface area contributed by atoms with Gasteiger partial charge in [-0.25, -0.2) is 14.2 Å². The molecule has 0 N–H and O–H groups in total. The van der Waals surface area contributed by atoms with Crippen LogP contribution in [-0.2, 0) is 16.1 Å². The van der Waals surface area contributed by atoms with E-state index in [9.17, 15) is 9.18 Å². The molecule has 0 fully saturated rings. The molecule has 0 aromatic heterocycles. The van der Waals surface area contributed by atoms with Gasteiger partial charge in [0.2, 0.25) is 5.90 Å². The summed E-state index contributed by atoms with van der Waals surface area (Å²) in [5.74, 6) is -0.00353. The molecule has 33 heavy (non-hydrogen) atoms. The van der Waals surface area contributed by atoms with Crippen molar-refractivity contribution in [3.05, 3.63) is 99.5 Å². The Hall–Kier alpha value is -3.64. The Balaban J connectivity index is 1.61. The van der Waals surface area contributed by atoms with Gasteiger partial charge in [0.1, 0.15) is 12.4 Å². The van der Waals surface area contributed by atoms with E-state index in [0.29, 0.717) is 40.9 Å². The van der Waals surface area contributed by atoms with Gasteiger partial charge < -0.3 is 14.2 Å². The Morgan fingerprint density at radius 1 is 1.09 bits per heavy atom. The summed E-state index contributed by atoms with van der Waals surface area (Å²) in [6, 6.07) is 16.9. The van der Waals surface area contributed by atoms with E-state index in [1.165, 1.54) is 24.3 Å². The maximum Gasteiger partial charge on any atom is 0.363 e. The summed E-state index contributed by atoms with van der Waals surface area (Å²) in [6.45, 7) is 4.62. The van der Waals surface area contributed by atoms with Crippen molar-refractivity contribution in [1.82, 2.24) is 0 Å². The number of carbonyl (C=O) groups excluding carboxylic acids is 1. The van der Waals surface area contributed by atoms with E-state index in [0.717, 1.165) is 11.1 Å². The third-order valence-electron chi connectivity index (χ3n) is 4.81. The van der Waals surface area contributed by atoms with E-state index >= 15 is 0 Å². The monoisotopic (exact) mass is 465 g/mol. The summed E-state index contributed by atoms with van der Waals surface area (Å²) in [5.41, 5.74) is 3.35. The molecule has 0 aliphatic carbocycles. The zero-order valence-electron chi connectivity index (χ0n) is 18.1. The van der Waals surface area contributed by atoms with Crippen molar-refractivity contribution in [1.29, 1.82) is 0 Å². The van der Waals surface area contributed by atoms with Gasteiger partial charge >= 0.3 is 5.97 Å². The molecule has 0 bridgehead atoms. The fourth-order valence-electron chi connectivity index (χ4n) is 3.31. The molecule has 0 saturated carbocycles. The van der Waals surface area contributed by atoms with Crippen molar-refractivity contribution < 1.29 is 23.4 Å². The third kappa shape index (κ3) is 5.41. The molecule has 4 rings (SSSR count). The van der Waals surface area contributed by atoms with Crippen molar-refractivity contribution in [2.75, 3.05) is 6.61 Å². The molecule has 5 nitrogen and oxygen atoms in total. The van der Waals surface area contributed by atoms with E-state index in [2.05, 4.69) is 4.99 Å². The van der Waals surface area contributed by atoms with Crippen molar-refractivity contribution >= 4 is 29.5 Å². The minimum absolute atomic E-state index is 0.0984. The Morgan fingerprint density at radius 2 is 1.88 bits per heavy atom. The molecule has 3 aromatic rings. The maximum absolute atomic E-state index is 13.2. The van der Waals surface area contributed by atoms with Crippen molar-refractivity contribution in [3.63, 3.8) is 0 Å². The average molecular weight is 466 g/mol.